The first-order chi connectivity index (χ1) is 10.2. The Balaban J connectivity index is 2.59. The topological polar surface area (TPSA) is 111 Å². The molecule has 4 N–H and O–H groups in total. The first-order valence-corrected chi connectivity index (χ1v) is 6.78. The number of alkyl halides is 1. The van der Waals surface area contributed by atoms with Gasteiger partial charge in [0.05, 0.1) is 12.3 Å². The number of nitrogens with zero attached hydrogens (tertiary/aromatic N) is 2. The Hall–Kier alpha value is -1.66. The molecule has 0 aromatic carbocycles. The zero-order valence-corrected chi connectivity index (χ0v) is 12.6. The van der Waals surface area contributed by atoms with Gasteiger partial charge in [0.2, 0.25) is 0 Å². The third kappa shape index (κ3) is 2.57. The van der Waals surface area contributed by atoms with Crippen LogP contribution in [0, 0.1) is 17.7 Å². The number of rotatable bonds is 2. The van der Waals surface area contributed by atoms with Gasteiger partial charge in [-0.15, -0.1) is 5.92 Å². The lowest BCUT2D eigenvalue weighted by Crippen LogP contribution is -2.44. The fraction of sp³-hybridized carbons (Fsp3) is 0.538. The van der Waals surface area contributed by atoms with Crippen LogP contribution in [-0.4, -0.2) is 43.0 Å². The summed E-state index contributed by atoms with van der Waals surface area (Å²) in [5, 5.41) is 19.9. The highest BCUT2D eigenvalue weighted by Gasteiger charge is 2.57. The molecule has 1 aromatic heterocycles. The van der Waals surface area contributed by atoms with Crippen molar-refractivity contribution in [3.8, 4) is 11.8 Å². The average Bonchev–Trinajstić information content (AvgIpc) is 2.68. The van der Waals surface area contributed by atoms with Crippen LogP contribution in [0.1, 0.15) is 20.1 Å². The molecule has 1 saturated heterocycles. The van der Waals surface area contributed by atoms with Crippen molar-refractivity contribution in [3.63, 3.8) is 0 Å². The molecule has 2 heterocycles. The molecule has 22 heavy (non-hydrogen) atoms. The number of aliphatic hydroxyl groups excluding tert-OH is 2. The van der Waals surface area contributed by atoms with E-state index >= 15 is 0 Å². The van der Waals surface area contributed by atoms with Gasteiger partial charge >= 0.3 is 5.69 Å². The lowest BCUT2D eigenvalue weighted by molar-refractivity contribution is -0.0774. The highest BCUT2D eigenvalue weighted by Crippen LogP contribution is 2.43. The van der Waals surface area contributed by atoms with E-state index in [0.29, 0.717) is 0 Å². The number of anilines is 1. The second-order valence-electron chi connectivity index (χ2n) is 4.95. The zero-order chi connectivity index (χ0) is 16.7. The van der Waals surface area contributed by atoms with Gasteiger partial charge in [-0.25, -0.2) is 9.18 Å². The van der Waals surface area contributed by atoms with E-state index in [1.54, 1.807) is 0 Å². The maximum absolute atomic E-state index is 13.6. The molecule has 2 unspecified atom stereocenters. The van der Waals surface area contributed by atoms with Crippen molar-refractivity contribution in [1.82, 2.24) is 9.55 Å². The van der Waals surface area contributed by atoms with Crippen molar-refractivity contribution in [2.24, 2.45) is 0 Å². The minimum absolute atomic E-state index is 0.561. The van der Waals surface area contributed by atoms with Crippen molar-refractivity contribution in [2.45, 2.75) is 43.3 Å². The fourth-order valence-corrected chi connectivity index (χ4v) is 2.68. The lowest BCUT2D eigenvalue weighted by atomic mass is 9.96. The fourth-order valence-electron chi connectivity index (χ4n) is 2.31. The van der Waals surface area contributed by atoms with E-state index in [1.165, 1.54) is 13.8 Å². The Morgan fingerprint density at radius 2 is 2.32 bits per heavy atom. The second kappa shape index (κ2) is 5.85. The predicted molar refractivity (Wildman–Crippen MR) is 76.5 cm³/mol. The Kier molecular flexibility index (Phi) is 4.44. The van der Waals surface area contributed by atoms with Gasteiger partial charge in [-0.2, -0.15) is 4.98 Å². The van der Waals surface area contributed by atoms with Gasteiger partial charge in [0.1, 0.15) is 12.2 Å². The molecule has 2 rings (SSSR count). The van der Waals surface area contributed by atoms with Crippen LogP contribution in [0.25, 0.3) is 0 Å². The molecule has 0 bridgehead atoms. The summed E-state index contributed by atoms with van der Waals surface area (Å²) in [6.07, 6.45) is -4.15. The van der Waals surface area contributed by atoms with Crippen molar-refractivity contribution in [1.29, 1.82) is 0 Å². The number of ether oxygens (including phenoxy) is 1. The summed E-state index contributed by atoms with van der Waals surface area (Å²) in [6.45, 7) is 2.87. The molecule has 5 atom stereocenters. The molecular weight excluding hydrogens is 317 g/mol. The van der Waals surface area contributed by atoms with Crippen LogP contribution in [0.3, 0.4) is 0 Å². The largest absolute Gasteiger partial charge is 0.391 e. The Bertz CT molecular complexity index is 699. The van der Waals surface area contributed by atoms with Crippen LogP contribution in [0.5, 0.6) is 0 Å². The highest BCUT2D eigenvalue weighted by atomic mass is 35.5. The maximum atomic E-state index is 13.6. The summed E-state index contributed by atoms with van der Waals surface area (Å²) in [7, 11) is 0. The standard InChI is InChI=1S/C13H15ClFN3O4/c1-3-4-13(14)9(20)8(6(2)19)22-11(13)18-5-7(15)10(16)17-12(18)21/h5-6,8-9,11,19-20H,1-2H3,(H2,16,17,21)/t6-,8-,9?,11-,13?/m1/s1. The molecule has 120 valence electrons. The smallest absolute Gasteiger partial charge is 0.351 e. The molecule has 1 aliphatic rings. The van der Waals surface area contributed by atoms with E-state index in [4.69, 9.17) is 22.1 Å². The van der Waals surface area contributed by atoms with Crippen molar-refractivity contribution in [2.75, 3.05) is 5.73 Å². The number of hydrogen-bond donors (Lipinski definition) is 3. The van der Waals surface area contributed by atoms with E-state index in [9.17, 15) is 19.4 Å². The van der Waals surface area contributed by atoms with Crippen molar-refractivity contribution < 1.29 is 19.3 Å². The minimum Gasteiger partial charge on any atom is -0.391 e. The number of aliphatic hydroxyl groups is 2. The third-order valence-electron chi connectivity index (χ3n) is 3.37. The van der Waals surface area contributed by atoms with Crippen LogP contribution in [0.2, 0.25) is 0 Å². The number of nitrogen functional groups attached to an aromatic ring is 1. The average molecular weight is 332 g/mol. The molecule has 1 aromatic rings. The minimum atomic E-state index is -1.75. The normalized spacial score (nSPS) is 32.4. The van der Waals surface area contributed by atoms with E-state index in [2.05, 4.69) is 16.8 Å². The Morgan fingerprint density at radius 1 is 1.68 bits per heavy atom. The molecular formula is C13H15ClFN3O4. The molecule has 0 aliphatic carbocycles. The summed E-state index contributed by atoms with van der Waals surface area (Å²) >= 11 is 6.32. The summed E-state index contributed by atoms with van der Waals surface area (Å²) in [4.78, 5) is 13.5. The molecule has 1 aliphatic heterocycles. The SMILES string of the molecule is CC#CC1(Cl)C(O)[C@@H]([C@@H](C)O)O[C@H]1n1cc(F)c(N)nc1=O. The predicted octanol–water partition coefficient (Wildman–Crippen LogP) is -0.395. The van der Waals surface area contributed by atoms with Crippen molar-refractivity contribution >= 4 is 17.4 Å². The zero-order valence-electron chi connectivity index (χ0n) is 11.8. The summed E-state index contributed by atoms with van der Waals surface area (Å²) in [5.74, 6) is 3.58. The van der Waals surface area contributed by atoms with Crippen LogP contribution < -0.4 is 11.4 Å². The number of hydrogen-bond acceptors (Lipinski definition) is 6. The van der Waals surface area contributed by atoms with Crippen LogP contribution in [-0.2, 0) is 4.74 Å². The molecule has 0 saturated carbocycles. The van der Waals surface area contributed by atoms with E-state index < -0.39 is 46.7 Å². The summed E-state index contributed by atoms with van der Waals surface area (Å²) in [6, 6.07) is 0. The van der Waals surface area contributed by atoms with Gasteiger partial charge in [0.15, 0.2) is 22.7 Å². The number of halogens is 2. The molecule has 0 amide bonds. The Labute approximate surface area is 130 Å². The molecule has 0 spiro atoms. The third-order valence-corrected chi connectivity index (χ3v) is 3.87. The second-order valence-corrected chi connectivity index (χ2v) is 5.57. The van der Waals surface area contributed by atoms with Gasteiger partial charge in [0, 0.05) is 0 Å². The monoisotopic (exact) mass is 331 g/mol. The van der Waals surface area contributed by atoms with Crippen molar-refractivity contribution in [3.05, 3.63) is 22.5 Å². The van der Waals surface area contributed by atoms with E-state index in [1.807, 2.05) is 0 Å². The van der Waals surface area contributed by atoms with Crippen LogP contribution in [0.15, 0.2) is 11.0 Å². The lowest BCUT2D eigenvalue weighted by Gasteiger charge is -2.25. The van der Waals surface area contributed by atoms with E-state index in [-0.39, 0.29) is 0 Å². The molecule has 9 heteroatoms. The van der Waals surface area contributed by atoms with Gasteiger partial charge < -0.3 is 20.7 Å². The first-order valence-electron chi connectivity index (χ1n) is 6.41. The van der Waals surface area contributed by atoms with E-state index in [0.717, 1.165) is 10.8 Å². The van der Waals surface area contributed by atoms with Crippen LogP contribution >= 0.6 is 11.6 Å². The number of aromatic nitrogens is 2. The van der Waals surface area contributed by atoms with Gasteiger partial charge in [0.25, 0.3) is 0 Å². The summed E-state index contributed by atoms with van der Waals surface area (Å²) < 4.78 is 19.8. The highest BCUT2D eigenvalue weighted by molar-refractivity contribution is 6.27. The quantitative estimate of drug-likeness (QED) is 0.502. The van der Waals surface area contributed by atoms with Crippen LogP contribution in [0.4, 0.5) is 10.2 Å². The maximum Gasteiger partial charge on any atom is 0.351 e. The number of nitrogens with two attached hydrogens (primary N) is 1. The molecule has 7 nitrogen and oxygen atoms in total. The molecule has 0 radical (unpaired) electrons. The van der Waals surface area contributed by atoms with Gasteiger partial charge in [-0.3, -0.25) is 4.57 Å². The van der Waals surface area contributed by atoms with Gasteiger partial charge in [-0.1, -0.05) is 17.5 Å². The molecule has 1 fully saturated rings. The van der Waals surface area contributed by atoms with Gasteiger partial charge in [-0.05, 0) is 13.8 Å². The first kappa shape index (κ1) is 16.7. The Morgan fingerprint density at radius 3 is 2.86 bits per heavy atom. The summed E-state index contributed by atoms with van der Waals surface area (Å²) in [5.41, 5.74) is 4.31.